The molecular formula is C23H30N3O10P. The Bertz CT molecular complexity index is 1010. The molecule has 0 aliphatic carbocycles. The van der Waals surface area contributed by atoms with Gasteiger partial charge >= 0.3 is 13.8 Å². The molecule has 0 spiro atoms. The predicted octanol–water partition coefficient (Wildman–Crippen LogP) is 2.53. The van der Waals surface area contributed by atoms with E-state index in [4.69, 9.17) is 28.4 Å². The number of benzene rings is 1. The number of unbranched alkanes of at least 4 members (excludes halogenated alkanes) is 2. The summed E-state index contributed by atoms with van der Waals surface area (Å²) in [5.41, 5.74) is 0.596. The van der Waals surface area contributed by atoms with E-state index in [0.29, 0.717) is 30.4 Å². The van der Waals surface area contributed by atoms with Crippen LogP contribution in [0.1, 0.15) is 59.2 Å². The van der Waals surface area contributed by atoms with Crippen molar-refractivity contribution < 1.29 is 46.9 Å². The summed E-state index contributed by atoms with van der Waals surface area (Å²) in [5, 5.41) is 11.8. The first kappa shape index (κ1) is 30.1. The lowest BCUT2D eigenvalue weighted by molar-refractivity contribution is -0.145. The molecule has 1 unspecified atom stereocenters. The fourth-order valence-corrected chi connectivity index (χ4v) is 4.22. The standard InChI is InChI=1S/C23H30N3O10P/c1-25-20(27)10-11-21(28)32-16-17-36-37(31,35-15-7-12-24)34-14-6-2-5-13-33-26-22(29)18-8-3-4-9-19(18)23(26)30/h3-4,8-9H,2,5-7,10-11,13-17H2,1H3,(H,25,27). The zero-order valence-corrected chi connectivity index (χ0v) is 21.4. The summed E-state index contributed by atoms with van der Waals surface area (Å²) in [6.07, 6.45) is 1.34. The molecule has 1 aliphatic rings. The third-order valence-electron chi connectivity index (χ3n) is 4.91. The second-order valence-electron chi connectivity index (χ2n) is 7.59. The number of fused-ring (bicyclic) bond motifs is 1. The number of nitriles is 1. The van der Waals surface area contributed by atoms with Crippen LogP contribution in [0, 0.1) is 11.3 Å². The Morgan fingerprint density at radius 3 is 2.19 bits per heavy atom. The van der Waals surface area contributed by atoms with Gasteiger partial charge in [-0.15, -0.1) is 5.06 Å². The van der Waals surface area contributed by atoms with Gasteiger partial charge in [-0.2, -0.15) is 5.26 Å². The van der Waals surface area contributed by atoms with E-state index in [1.54, 1.807) is 24.3 Å². The summed E-state index contributed by atoms with van der Waals surface area (Å²) in [4.78, 5) is 52.6. The molecule has 1 aromatic carbocycles. The average molecular weight is 539 g/mol. The SMILES string of the molecule is CNC(=O)CCC(=O)OCCOP(=O)(OCCC#N)OCCCCCON1C(=O)c2ccccc2C1=O. The lowest BCUT2D eigenvalue weighted by Gasteiger charge is -2.17. The molecule has 0 radical (unpaired) electrons. The van der Waals surface area contributed by atoms with Gasteiger partial charge in [-0.3, -0.25) is 37.6 Å². The van der Waals surface area contributed by atoms with Gasteiger partial charge in [0.1, 0.15) is 6.61 Å². The zero-order valence-electron chi connectivity index (χ0n) is 20.5. The number of esters is 1. The number of phosphoric ester groups is 1. The van der Waals surface area contributed by atoms with Crippen molar-refractivity contribution in [3.63, 3.8) is 0 Å². The van der Waals surface area contributed by atoms with Gasteiger partial charge in [0.2, 0.25) is 5.91 Å². The molecule has 1 aliphatic heterocycles. The highest BCUT2D eigenvalue weighted by Gasteiger charge is 2.36. The fourth-order valence-electron chi connectivity index (χ4n) is 3.03. The molecule has 14 heteroatoms. The van der Waals surface area contributed by atoms with Gasteiger partial charge in [-0.25, -0.2) is 4.57 Å². The van der Waals surface area contributed by atoms with E-state index >= 15 is 0 Å². The molecule has 0 bridgehead atoms. The third kappa shape index (κ3) is 10.0. The van der Waals surface area contributed by atoms with Crippen LogP contribution in [0.5, 0.6) is 0 Å². The molecule has 0 saturated heterocycles. The van der Waals surface area contributed by atoms with Crippen molar-refractivity contribution in [3.8, 4) is 6.07 Å². The van der Waals surface area contributed by atoms with Crippen LogP contribution in [0.4, 0.5) is 0 Å². The minimum absolute atomic E-state index is 0.00274. The van der Waals surface area contributed by atoms with E-state index in [1.165, 1.54) is 7.05 Å². The maximum absolute atomic E-state index is 12.8. The molecule has 1 atom stereocenters. The highest BCUT2D eigenvalue weighted by molar-refractivity contribution is 7.48. The third-order valence-corrected chi connectivity index (χ3v) is 6.41. The second kappa shape index (κ2) is 15.9. The smallest absolute Gasteiger partial charge is 0.463 e. The molecule has 1 heterocycles. The first-order valence-electron chi connectivity index (χ1n) is 11.7. The Labute approximate surface area is 214 Å². The van der Waals surface area contributed by atoms with Crippen molar-refractivity contribution >= 4 is 31.5 Å². The summed E-state index contributed by atoms with van der Waals surface area (Å²) in [7, 11) is -2.55. The Morgan fingerprint density at radius 2 is 1.54 bits per heavy atom. The number of carbonyl (C=O) groups excluding carboxylic acids is 4. The number of amides is 3. The normalized spacial score (nSPS) is 14.1. The highest BCUT2D eigenvalue weighted by atomic mass is 31.2. The van der Waals surface area contributed by atoms with Crippen LogP contribution < -0.4 is 5.32 Å². The molecular weight excluding hydrogens is 509 g/mol. The molecule has 0 saturated carbocycles. The largest absolute Gasteiger partial charge is 0.474 e. The Morgan fingerprint density at radius 1 is 0.919 bits per heavy atom. The van der Waals surface area contributed by atoms with Gasteiger partial charge in [0.25, 0.3) is 11.8 Å². The molecule has 0 aromatic heterocycles. The minimum atomic E-state index is -4.00. The molecule has 202 valence electrons. The van der Waals surface area contributed by atoms with E-state index < -0.39 is 25.6 Å². The van der Waals surface area contributed by atoms with E-state index in [0.717, 1.165) is 5.06 Å². The van der Waals surface area contributed by atoms with Gasteiger partial charge < -0.3 is 10.1 Å². The maximum atomic E-state index is 12.8. The molecule has 1 N–H and O–H groups in total. The zero-order chi connectivity index (χ0) is 27.1. The second-order valence-corrected chi connectivity index (χ2v) is 9.26. The molecule has 2 rings (SSSR count). The van der Waals surface area contributed by atoms with Crippen LogP contribution in [0.25, 0.3) is 0 Å². The maximum Gasteiger partial charge on any atom is 0.474 e. The van der Waals surface area contributed by atoms with Crippen LogP contribution in [0.15, 0.2) is 24.3 Å². The minimum Gasteiger partial charge on any atom is -0.463 e. The van der Waals surface area contributed by atoms with Crippen LogP contribution >= 0.6 is 7.82 Å². The number of imide groups is 1. The van der Waals surface area contributed by atoms with E-state index in [9.17, 15) is 23.7 Å². The summed E-state index contributed by atoms with van der Waals surface area (Å²) < 4.78 is 33.2. The number of phosphoric acid groups is 1. The molecule has 3 amide bonds. The van der Waals surface area contributed by atoms with Gasteiger partial charge in [0.15, 0.2) is 0 Å². The summed E-state index contributed by atoms with van der Waals surface area (Å²) in [6, 6.07) is 8.31. The van der Waals surface area contributed by atoms with Crippen molar-refractivity contribution in [1.29, 1.82) is 5.26 Å². The number of hydrogen-bond acceptors (Lipinski definition) is 11. The quantitative estimate of drug-likeness (QED) is 0.126. The lowest BCUT2D eigenvalue weighted by atomic mass is 10.1. The monoisotopic (exact) mass is 539 g/mol. The van der Waals surface area contributed by atoms with Gasteiger partial charge in [0.05, 0.1) is 56.5 Å². The molecule has 13 nitrogen and oxygen atoms in total. The number of rotatable bonds is 18. The van der Waals surface area contributed by atoms with Crippen LogP contribution in [-0.2, 0) is 37.3 Å². The van der Waals surface area contributed by atoms with Crippen LogP contribution in [0.3, 0.4) is 0 Å². The van der Waals surface area contributed by atoms with Crippen molar-refractivity contribution in [1.82, 2.24) is 10.4 Å². The molecule has 37 heavy (non-hydrogen) atoms. The number of hydrogen-bond donors (Lipinski definition) is 1. The predicted molar refractivity (Wildman–Crippen MR) is 127 cm³/mol. The summed E-state index contributed by atoms with van der Waals surface area (Å²) in [5.74, 6) is -1.92. The number of ether oxygens (including phenoxy) is 1. The Hall–Kier alpha value is -3.14. The first-order valence-corrected chi connectivity index (χ1v) is 13.1. The van der Waals surface area contributed by atoms with Gasteiger partial charge in [-0.1, -0.05) is 12.1 Å². The van der Waals surface area contributed by atoms with Crippen molar-refractivity contribution in [2.24, 2.45) is 0 Å². The van der Waals surface area contributed by atoms with Gasteiger partial charge in [-0.05, 0) is 31.4 Å². The Balaban J connectivity index is 1.65. The topological polar surface area (TPSA) is 171 Å². The van der Waals surface area contributed by atoms with Crippen molar-refractivity contribution in [2.75, 3.05) is 40.1 Å². The number of carbonyl (C=O) groups is 4. The molecule has 0 fully saturated rings. The van der Waals surface area contributed by atoms with Crippen molar-refractivity contribution in [3.05, 3.63) is 35.4 Å². The summed E-state index contributed by atoms with van der Waals surface area (Å²) in [6.45, 7) is -0.555. The first-order chi connectivity index (χ1) is 17.8. The number of hydroxylamine groups is 2. The highest BCUT2D eigenvalue weighted by Crippen LogP contribution is 2.49. The van der Waals surface area contributed by atoms with Gasteiger partial charge in [0, 0.05) is 13.5 Å². The summed E-state index contributed by atoms with van der Waals surface area (Å²) >= 11 is 0. The van der Waals surface area contributed by atoms with E-state index in [-0.39, 0.29) is 58.2 Å². The van der Waals surface area contributed by atoms with Crippen LogP contribution in [-0.4, -0.2) is 68.8 Å². The fraction of sp³-hybridized carbons (Fsp3) is 0.522. The number of nitrogens with zero attached hydrogens (tertiary/aromatic N) is 2. The van der Waals surface area contributed by atoms with E-state index in [1.807, 2.05) is 6.07 Å². The number of nitrogens with one attached hydrogen (secondary N) is 1. The van der Waals surface area contributed by atoms with Crippen molar-refractivity contribution in [2.45, 2.75) is 38.5 Å². The lowest BCUT2D eigenvalue weighted by Crippen LogP contribution is -2.30. The van der Waals surface area contributed by atoms with Crippen LogP contribution in [0.2, 0.25) is 0 Å². The van der Waals surface area contributed by atoms with E-state index in [2.05, 4.69) is 5.32 Å². The average Bonchev–Trinajstić information content (AvgIpc) is 3.14. The Kier molecular flexibility index (Phi) is 12.9. The molecule has 1 aromatic rings.